The van der Waals surface area contributed by atoms with Crippen LogP contribution in [0.25, 0.3) is 0 Å². The molecule has 88 valence electrons. The van der Waals surface area contributed by atoms with Gasteiger partial charge in [0.2, 0.25) is 0 Å². The monoisotopic (exact) mass is 219 g/mol. The normalized spacial score (nSPS) is 17.7. The van der Waals surface area contributed by atoms with E-state index in [0.29, 0.717) is 17.2 Å². The van der Waals surface area contributed by atoms with Gasteiger partial charge in [0.15, 0.2) is 0 Å². The zero-order chi connectivity index (χ0) is 11.6. The summed E-state index contributed by atoms with van der Waals surface area (Å²) >= 11 is 0. The quantitative estimate of drug-likeness (QED) is 0.798. The molecule has 1 aliphatic carbocycles. The molecule has 1 aromatic rings. The van der Waals surface area contributed by atoms with Gasteiger partial charge in [0, 0.05) is 12.6 Å². The summed E-state index contributed by atoms with van der Waals surface area (Å²) in [6.07, 6.45) is 3.70. The van der Waals surface area contributed by atoms with E-state index in [1.165, 1.54) is 18.4 Å². The Labute approximate surface area is 97.7 Å². The number of hydrogen-bond acceptors (Lipinski definition) is 2. The van der Waals surface area contributed by atoms with Gasteiger partial charge < -0.3 is 10.4 Å². The minimum Gasteiger partial charge on any atom is -0.508 e. The van der Waals surface area contributed by atoms with Crippen molar-refractivity contribution in [2.24, 2.45) is 5.41 Å². The minimum atomic E-state index is 0.380. The molecule has 0 amide bonds. The SMILES string of the molecule is CC(C)NCC1(Cc2cccc(O)c2)CC1. The Morgan fingerprint density at radius 2 is 2.12 bits per heavy atom. The molecule has 16 heavy (non-hydrogen) atoms. The molecule has 0 heterocycles. The highest BCUT2D eigenvalue weighted by molar-refractivity contribution is 5.28. The molecule has 2 rings (SSSR count). The van der Waals surface area contributed by atoms with Gasteiger partial charge in [0.1, 0.15) is 5.75 Å². The summed E-state index contributed by atoms with van der Waals surface area (Å²) < 4.78 is 0. The first kappa shape index (κ1) is 11.5. The largest absolute Gasteiger partial charge is 0.508 e. The van der Waals surface area contributed by atoms with Crippen LogP contribution in [0.3, 0.4) is 0 Å². The molecule has 2 N–H and O–H groups in total. The molecule has 0 spiro atoms. The van der Waals surface area contributed by atoms with Crippen LogP contribution in [0.2, 0.25) is 0 Å². The second kappa shape index (κ2) is 4.46. The van der Waals surface area contributed by atoms with E-state index < -0.39 is 0 Å². The van der Waals surface area contributed by atoms with Crippen molar-refractivity contribution in [2.45, 2.75) is 39.2 Å². The third kappa shape index (κ3) is 2.99. The second-order valence-corrected chi connectivity index (χ2v) is 5.38. The lowest BCUT2D eigenvalue weighted by molar-refractivity contribution is 0.427. The predicted molar refractivity (Wildman–Crippen MR) is 66.6 cm³/mol. The summed E-state index contributed by atoms with van der Waals surface area (Å²) in [6, 6.07) is 8.21. The van der Waals surface area contributed by atoms with Crippen LogP contribution in [0.4, 0.5) is 0 Å². The topological polar surface area (TPSA) is 32.3 Å². The lowest BCUT2D eigenvalue weighted by Crippen LogP contribution is -2.30. The summed E-state index contributed by atoms with van der Waals surface area (Å²) in [5.41, 5.74) is 1.71. The molecule has 1 saturated carbocycles. The minimum absolute atomic E-state index is 0.380. The lowest BCUT2D eigenvalue weighted by atomic mass is 9.96. The number of hydrogen-bond donors (Lipinski definition) is 2. The van der Waals surface area contributed by atoms with Crippen LogP contribution < -0.4 is 5.32 Å². The van der Waals surface area contributed by atoms with Crippen LogP contribution in [-0.2, 0) is 6.42 Å². The van der Waals surface area contributed by atoms with Crippen LogP contribution in [0.15, 0.2) is 24.3 Å². The molecule has 2 nitrogen and oxygen atoms in total. The van der Waals surface area contributed by atoms with Crippen LogP contribution in [0, 0.1) is 5.41 Å². The highest BCUT2D eigenvalue weighted by atomic mass is 16.3. The number of phenols is 1. The first-order valence-corrected chi connectivity index (χ1v) is 6.11. The highest BCUT2D eigenvalue weighted by Gasteiger charge is 2.42. The highest BCUT2D eigenvalue weighted by Crippen LogP contribution is 2.48. The summed E-state index contributed by atoms with van der Waals surface area (Å²) in [5, 5.41) is 13.0. The van der Waals surface area contributed by atoms with E-state index in [9.17, 15) is 5.11 Å². The Balaban J connectivity index is 1.94. The molecule has 1 fully saturated rings. The first-order valence-electron chi connectivity index (χ1n) is 6.11. The van der Waals surface area contributed by atoms with E-state index in [-0.39, 0.29) is 0 Å². The number of rotatable bonds is 5. The van der Waals surface area contributed by atoms with Crippen molar-refractivity contribution in [3.05, 3.63) is 29.8 Å². The van der Waals surface area contributed by atoms with Crippen molar-refractivity contribution in [3.8, 4) is 5.75 Å². The first-order chi connectivity index (χ1) is 7.60. The zero-order valence-electron chi connectivity index (χ0n) is 10.2. The van der Waals surface area contributed by atoms with Crippen molar-refractivity contribution < 1.29 is 5.11 Å². The Morgan fingerprint density at radius 1 is 1.38 bits per heavy atom. The van der Waals surface area contributed by atoms with E-state index >= 15 is 0 Å². The second-order valence-electron chi connectivity index (χ2n) is 5.38. The Hall–Kier alpha value is -1.02. The van der Waals surface area contributed by atoms with Gasteiger partial charge in [-0.1, -0.05) is 26.0 Å². The Kier molecular flexibility index (Phi) is 3.20. The fraction of sp³-hybridized carbons (Fsp3) is 0.571. The number of benzene rings is 1. The van der Waals surface area contributed by atoms with Crippen molar-refractivity contribution >= 4 is 0 Å². The Bertz CT molecular complexity index is 356. The van der Waals surface area contributed by atoms with Crippen LogP contribution in [0.1, 0.15) is 32.3 Å². The van der Waals surface area contributed by atoms with Gasteiger partial charge in [-0.05, 0) is 42.4 Å². The molecule has 0 aliphatic heterocycles. The number of aromatic hydroxyl groups is 1. The summed E-state index contributed by atoms with van der Waals surface area (Å²) in [4.78, 5) is 0. The molecule has 0 radical (unpaired) electrons. The van der Waals surface area contributed by atoms with E-state index in [0.717, 1.165) is 13.0 Å². The third-order valence-electron chi connectivity index (χ3n) is 3.33. The van der Waals surface area contributed by atoms with Gasteiger partial charge in [-0.15, -0.1) is 0 Å². The van der Waals surface area contributed by atoms with Crippen LogP contribution in [0.5, 0.6) is 5.75 Å². The molecule has 1 aliphatic rings. The molecular weight excluding hydrogens is 198 g/mol. The molecule has 0 aromatic heterocycles. The van der Waals surface area contributed by atoms with Gasteiger partial charge in [0.05, 0.1) is 0 Å². The van der Waals surface area contributed by atoms with Gasteiger partial charge in [0.25, 0.3) is 0 Å². The van der Waals surface area contributed by atoms with Gasteiger partial charge in [-0.2, -0.15) is 0 Å². The van der Waals surface area contributed by atoms with Crippen molar-refractivity contribution in [2.75, 3.05) is 6.54 Å². The maximum Gasteiger partial charge on any atom is 0.115 e. The van der Waals surface area contributed by atoms with E-state index in [1.54, 1.807) is 6.07 Å². The molecule has 0 saturated heterocycles. The van der Waals surface area contributed by atoms with E-state index in [4.69, 9.17) is 0 Å². The van der Waals surface area contributed by atoms with Gasteiger partial charge >= 0.3 is 0 Å². The molecule has 1 aromatic carbocycles. The lowest BCUT2D eigenvalue weighted by Gasteiger charge is -2.18. The Morgan fingerprint density at radius 3 is 2.69 bits per heavy atom. The van der Waals surface area contributed by atoms with Crippen molar-refractivity contribution in [1.82, 2.24) is 5.32 Å². The molecule has 2 heteroatoms. The molecule has 0 atom stereocenters. The summed E-state index contributed by atoms with van der Waals surface area (Å²) in [7, 11) is 0. The van der Waals surface area contributed by atoms with Crippen LogP contribution in [-0.4, -0.2) is 17.7 Å². The molecular formula is C14H21NO. The third-order valence-corrected chi connectivity index (χ3v) is 3.33. The maximum absolute atomic E-state index is 9.43. The van der Waals surface area contributed by atoms with Gasteiger partial charge in [-0.3, -0.25) is 0 Å². The fourth-order valence-corrected chi connectivity index (χ4v) is 2.11. The average Bonchev–Trinajstić information content (AvgIpc) is 2.96. The molecule has 0 unspecified atom stereocenters. The van der Waals surface area contributed by atoms with Gasteiger partial charge in [-0.25, -0.2) is 0 Å². The molecule has 0 bridgehead atoms. The number of phenolic OH excluding ortho intramolecular Hbond substituents is 1. The van der Waals surface area contributed by atoms with E-state index in [1.807, 2.05) is 12.1 Å². The number of nitrogens with one attached hydrogen (secondary N) is 1. The maximum atomic E-state index is 9.43. The summed E-state index contributed by atoms with van der Waals surface area (Å²) in [5.74, 6) is 0.380. The predicted octanol–water partition coefficient (Wildman–Crippen LogP) is 2.71. The van der Waals surface area contributed by atoms with Crippen LogP contribution >= 0.6 is 0 Å². The average molecular weight is 219 g/mol. The zero-order valence-corrected chi connectivity index (χ0v) is 10.2. The standard InChI is InChI=1S/C14H21NO/c1-11(2)15-10-14(6-7-14)9-12-4-3-5-13(16)8-12/h3-5,8,11,15-16H,6-7,9-10H2,1-2H3. The van der Waals surface area contributed by atoms with E-state index in [2.05, 4.69) is 25.2 Å². The smallest absolute Gasteiger partial charge is 0.115 e. The summed E-state index contributed by atoms with van der Waals surface area (Å²) in [6.45, 7) is 5.47. The fourth-order valence-electron chi connectivity index (χ4n) is 2.11. The van der Waals surface area contributed by atoms with Crippen molar-refractivity contribution in [3.63, 3.8) is 0 Å². The van der Waals surface area contributed by atoms with Crippen molar-refractivity contribution in [1.29, 1.82) is 0 Å².